The maximum absolute atomic E-state index is 5.44. The molecule has 2 aliphatic rings. The van der Waals surface area contributed by atoms with E-state index in [0.29, 0.717) is 5.60 Å². The van der Waals surface area contributed by atoms with Crippen molar-refractivity contribution in [2.45, 2.75) is 45.1 Å². The van der Waals surface area contributed by atoms with E-state index in [9.17, 15) is 0 Å². The molecular weight excluding hydrogens is 136 g/mol. The van der Waals surface area contributed by atoms with Crippen molar-refractivity contribution in [1.29, 1.82) is 0 Å². The Balaban J connectivity index is 1.99. The number of hydrogen-bond donors (Lipinski definition) is 0. The smallest absolute Gasteiger partial charge is 0.0922 e. The van der Waals surface area contributed by atoms with Crippen LogP contribution in [0.5, 0.6) is 0 Å². The van der Waals surface area contributed by atoms with Crippen molar-refractivity contribution in [3.8, 4) is 0 Å². The number of epoxide rings is 1. The van der Waals surface area contributed by atoms with E-state index in [1.807, 2.05) is 0 Å². The van der Waals surface area contributed by atoms with Gasteiger partial charge in [-0.05, 0) is 39.5 Å². The van der Waals surface area contributed by atoms with Crippen molar-refractivity contribution >= 4 is 0 Å². The maximum Gasteiger partial charge on any atom is 0.0922 e. The van der Waals surface area contributed by atoms with Crippen LogP contribution in [0, 0.1) is 0 Å². The molecule has 0 aromatic carbocycles. The first-order valence-corrected chi connectivity index (χ1v) is 4.51. The quantitative estimate of drug-likeness (QED) is 0.384. The lowest BCUT2D eigenvalue weighted by atomic mass is 9.84. The van der Waals surface area contributed by atoms with Crippen LogP contribution in [-0.4, -0.2) is 12.2 Å². The van der Waals surface area contributed by atoms with Crippen LogP contribution in [0.1, 0.15) is 39.5 Å². The topological polar surface area (TPSA) is 12.5 Å². The first-order chi connectivity index (χ1) is 5.22. The summed E-state index contributed by atoms with van der Waals surface area (Å²) in [6.45, 7) is 5.48. The fourth-order valence-electron chi connectivity index (χ4n) is 1.90. The van der Waals surface area contributed by atoms with E-state index in [1.165, 1.54) is 31.3 Å². The van der Waals surface area contributed by atoms with Gasteiger partial charge >= 0.3 is 0 Å². The summed E-state index contributed by atoms with van der Waals surface area (Å²) in [6, 6.07) is 0. The molecule has 0 bridgehead atoms. The zero-order chi connectivity index (χ0) is 7.90. The Kier molecular flexibility index (Phi) is 1.57. The molecule has 0 aromatic heterocycles. The van der Waals surface area contributed by atoms with Crippen molar-refractivity contribution in [2.75, 3.05) is 6.61 Å². The second-order valence-electron chi connectivity index (χ2n) is 4.08. The van der Waals surface area contributed by atoms with E-state index < -0.39 is 0 Å². The Morgan fingerprint density at radius 2 is 1.82 bits per heavy atom. The Morgan fingerprint density at radius 1 is 1.27 bits per heavy atom. The molecule has 0 radical (unpaired) electrons. The summed E-state index contributed by atoms with van der Waals surface area (Å²) in [5.41, 5.74) is 3.56. The number of allylic oxidation sites excluding steroid dienone is 2. The lowest BCUT2D eigenvalue weighted by molar-refractivity contribution is 0.257. The van der Waals surface area contributed by atoms with Crippen molar-refractivity contribution in [1.82, 2.24) is 0 Å². The van der Waals surface area contributed by atoms with Crippen molar-refractivity contribution in [3.63, 3.8) is 0 Å². The van der Waals surface area contributed by atoms with Crippen molar-refractivity contribution in [2.24, 2.45) is 0 Å². The molecule has 1 heteroatoms. The molecule has 62 valence electrons. The van der Waals surface area contributed by atoms with Crippen LogP contribution in [0.3, 0.4) is 0 Å². The van der Waals surface area contributed by atoms with Gasteiger partial charge in [0.25, 0.3) is 0 Å². The summed E-state index contributed by atoms with van der Waals surface area (Å²) in [7, 11) is 0. The summed E-state index contributed by atoms with van der Waals surface area (Å²) in [6.07, 6.45) is 5.10. The molecule has 1 saturated heterocycles. The molecule has 0 N–H and O–H groups in total. The van der Waals surface area contributed by atoms with Gasteiger partial charge in [-0.2, -0.15) is 0 Å². The van der Waals surface area contributed by atoms with Gasteiger partial charge in [0.2, 0.25) is 0 Å². The summed E-state index contributed by atoms with van der Waals surface area (Å²) in [4.78, 5) is 0. The van der Waals surface area contributed by atoms with Gasteiger partial charge in [-0.3, -0.25) is 0 Å². The standard InChI is InChI=1S/C10H16O/c1-8(2)9-3-5-10(6-4-9)7-11-10/h3-7H2,1-2H3. The van der Waals surface area contributed by atoms with Crippen LogP contribution in [0.4, 0.5) is 0 Å². The van der Waals surface area contributed by atoms with Gasteiger partial charge in [0, 0.05) is 0 Å². The summed E-state index contributed by atoms with van der Waals surface area (Å²) in [5, 5.41) is 0. The highest BCUT2D eigenvalue weighted by Crippen LogP contribution is 2.43. The average Bonchev–Trinajstić information content (AvgIpc) is 2.70. The molecule has 2 rings (SSSR count). The van der Waals surface area contributed by atoms with E-state index in [0.717, 1.165) is 6.61 Å². The third-order valence-corrected chi connectivity index (χ3v) is 3.02. The molecule has 2 fully saturated rings. The summed E-state index contributed by atoms with van der Waals surface area (Å²) >= 11 is 0. The fraction of sp³-hybridized carbons (Fsp3) is 0.800. The molecule has 0 unspecified atom stereocenters. The fourth-order valence-corrected chi connectivity index (χ4v) is 1.90. The van der Waals surface area contributed by atoms with Crippen molar-refractivity contribution in [3.05, 3.63) is 11.1 Å². The van der Waals surface area contributed by atoms with Gasteiger partial charge in [0.1, 0.15) is 0 Å². The maximum atomic E-state index is 5.44. The van der Waals surface area contributed by atoms with Crippen molar-refractivity contribution < 1.29 is 4.74 Å². The van der Waals surface area contributed by atoms with Gasteiger partial charge in [0.15, 0.2) is 0 Å². The SMILES string of the molecule is CC(C)=C1CCC2(CC1)CO2. The van der Waals surface area contributed by atoms with Gasteiger partial charge in [-0.15, -0.1) is 0 Å². The van der Waals surface area contributed by atoms with E-state index in [1.54, 1.807) is 5.57 Å². The Hall–Kier alpha value is -0.300. The Bertz CT molecular complexity index is 183. The molecule has 1 saturated carbocycles. The minimum Gasteiger partial charge on any atom is -0.370 e. The van der Waals surface area contributed by atoms with Crippen LogP contribution in [0.15, 0.2) is 11.1 Å². The monoisotopic (exact) mass is 152 g/mol. The zero-order valence-corrected chi connectivity index (χ0v) is 7.44. The normalized spacial score (nSPS) is 36.0. The molecule has 1 aliphatic heterocycles. The third kappa shape index (κ3) is 1.34. The predicted molar refractivity (Wildman–Crippen MR) is 45.5 cm³/mol. The summed E-state index contributed by atoms with van der Waals surface area (Å²) < 4.78 is 5.44. The highest BCUT2D eigenvalue weighted by Gasteiger charge is 2.45. The number of hydrogen-bond acceptors (Lipinski definition) is 1. The lowest BCUT2D eigenvalue weighted by Crippen LogP contribution is -2.16. The summed E-state index contributed by atoms with van der Waals surface area (Å²) in [5.74, 6) is 0. The van der Waals surface area contributed by atoms with E-state index in [2.05, 4.69) is 13.8 Å². The molecular formula is C10H16O. The van der Waals surface area contributed by atoms with Crippen LogP contribution in [-0.2, 0) is 4.74 Å². The Labute approximate surface area is 68.4 Å². The number of rotatable bonds is 0. The van der Waals surface area contributed by atoms with Gasteiger partial charge in [-0.1, -0.05) is 11.1 Å². The molecule has 11 heavy (non-hydrogen) atoms. The van der Waals surface area contributed by atoms with Crippen LogP contribution in [0.25, 0.3) is 0 Å². The van der Waals surface area contributed by atoms with Gasteiger partial charge in [0.05, 0.1) is 12.2 Å². The van der Waals surface area contributed by atoms with Crippen LogP contribution in [0.2, 0.25) is 0 Å². The highest BCUT2D eigenvalue weighted by molar-refractivity contribution is 5.16. The van der Waals surface area contributed by atoms with Gasteiger partial charge < -0.3 is 4.74 Å². The molecule has 1 aliphatic carbocycles. The van der Waals surface area contributed by atoms with Gasteiger partial charge in [-0.25, -0.2) is 0 Å². The van der Waals surface area contributed by atoms with Crippen LogP contribution >= 0.6 is 0 Å². The molecule has 0 aromatic rings. The average molecular weight is 152 g/mol. The second kappa shape index (κ2) is 2.34. The van der Waals surface area contributed by atoms with E-state index in [4.69, 9.17) is 4.74 Å². The minimum atomic E-state index is 0.360. The van der Waals surface area contributed by atoms with Crippen LogP contribution < -0.4 is 0 Å². The predicted octanol–water partition coefficient (Wildman–Crippen LogP) is 2.67. The number of ether oxygens (including phenoxy) is 1. The molecule has 1 heterocycles. The molecule has 0 amide bonds. The van der Waals surface area contributed by atoms with E-state index >= 15 is 0 Å². The minimum absolute atomic E-state index is 0.360. The molecule has 0 atom stereocenters. The Morgan fingerprint density at radius 3 is 2.18 bits per heavy atom. The highest BCUT2D eigenvalue weighted by atomic mass is 16.6. The largest absolute Gasteiger partial charge is 0.370 e. The zero-order valence-electron chi connectivity index (χ0n) is 7.44. The molecule has 1 spiro atoms. The molecule has 1 nitrogen and oxygen atoms in total. The lowest BCUT2D eigenvalue weighted by Gasteiger charge is -2.21. The first-order valence-electron chi connectivity index (χ1n) is 4.51. The third-order valence-electron chi connectivity index (χ3n) is 3.02. The van der Waals surface area contributed by atoms with E-state index in [-0.39, 0.29) is 0 Å². The second-order valence-corrected chi connectivity index (χ2v) is 4.08. The first kappa shape index (κ1) is 7.35.